The summed E-state index contributed by atoms with van der Waals surface area (Å²) < 4.78 is 0. The zero-order chi connectivity index (χ0) is 20.0. The number of carboxylic acids is 2. The lowest BCUT2D eigenvalue weighted by atomic mass is 10.1. The number of nitrogens with zero attached hydrogens (tertiary/aromatic N) is 1. The normalized spacial score (nSPS) is 22.9. The third kappa shape index (κ3) is 5.64. The lowest BCUT2D eigenvalue weighted by Crippen LogP contribution is -2.56. The van der Waals surface area contributed by atoms with Crippen LogP contribution in [-0.2, 0) is 24.0 Å². The minimum Gasteiger partial charge on any atom is -0.481 e. The summed E-state index contributed by atoms with van der Waals surface area (Å²) >= 11 is 0. The molecule has 0 aromatic heterocycles. The number of hydrogen-bond acceptors (Lipinski definition) is 6. The fraction of sp³-hybridized carbons (Fsp3) is 0.688. The second-order valence-electron chi connectivity index (χ2n) is 6.61. The first kappa shape index (κ1) is 20.6. The smallest absolute Gasteiger partial charge is 0.322 e. The molecule has 5 N–H and O–H groups in total. The van der Waals surface area contributed by atoms with Crippen molar-refractivity contribution in [1.29, 1.82) is 0 Å². The molecular weight excluding hydrogens is 360 g/mol. The third-order valence-corrected chi connectivity index (χ3v) is 4.62. The van der Waals surface area contributed by atoms with Crippen LogP contribution in [0.5, 0.6) is 0 Å². The van der Waals surface area contributed by atoms with Crippen LogP contribution in [0.15, 0.2) is 0 Å². The maximum Gasteiger partial charge on any atom is 0.322 e. The van der Waals surface area contributed by atoms with Gasteiger partial charge in [-0.25, -0.2) is 0 Å². The van der Waals surface area contributed by atoms with E-state index >= 15 is 0 Å². The standard InChI is InChI=1S/C16H24N4O7/c21-12(22)7-10(19-14(25)9-3-1-5-17-9)16(27)20-6-2-4-11(20)15(26)18-8-13(23)24/h9-11,17H,1-8H2,(H,18,26)(H,19,25)(H,21,22)(H,23,24). The van der Waals surface area contributed by atoms with Gasteiger partial charge in [0, 0.05) is 6.54 Å². The van der Waals surface area contributed by atoms with E-state index in [-0.39, 0.29) is 6.54 Å². The van der Waals surface area contributed by atoms with Crippen LogP contribution in [-0.4, -0.2) is 82.5 Å². The molecule has 0 aromatic carbocycles. The Bertz CT molecular complexity index is 618. The van der Waals surface area contributed by atoms with Gasteiger partial charge in [-0.1, -0.05) is 0 Å². The number of rotatable bonds is 8. The van der Waals surface area contributed by atoms with Crippen molar-refractivity contribution in [3.05, 3.63) is 0 Å². The molecule has 2 aliphatic heterocycles. The highest BCUT2D eigenvalue weighted by Crippen LogP contribution is 2.19. The molecule has 27 heavy (non-hydrogen) atoms. The summed E-state index contributed by atoms with van der Waals surface area (Å²) in [6.45, 7) is 0.339. The molecule has 3 unspecified atom stereocenters. The molecule has 2 aliphatic rings. The Balaban J connectivity index is 2.05. The van der Waals surface area contributed by atoms with Crippen LogP contribution in [0.2, 0.25) is 0 Å². The first-order valence-electron chi connectivity index (χ1n) is 8.85. The maximum absolute atomic E-state index is 12.8. The van der Waals surface area contributed by atoms with Gasteiger partial charge in [0.2, 0.25) is 17.7 Å². The van der Waals surface area contributed by atoms with Crippen molar-refractivity contribution in [3.8, 4) is 0 Å². The number of carboxylic acid groups (broad SMARTS) is 2. The molecule has 0 bridgehead atoms. The molecular formula is C16H24N4O7. The quantitative estimate of drug-likeness (QED) is 0.317. The minimum atomic E-state index is -1.29. The minimum absolute atomic E-state index is 0.234. The van der Waals surface area contributed by atoms with Crippen molar-refractivity contribution in [2.75, 3.05) is 19.6 Å². The Kier molecular flexibility index (Phi) is 7.11. The lowest BCUT2D eigenvalue weighted by Gasteiger charge is -2.28. The summed E-state index contributed by atoms with van der Waals surface area (Å²) in [7, 11) is 0. The second-order valence-corrected chi connectivity index (χ2v) is 6.61. The van der Waals surface area contributed by atoms with Crippen LogP contribution in [0, 0.1) is 0 Å². The summed E-state index contributed by atoms with van der Waals surface area (Å²) in [6, 6.07) is -2.64. The topological polar surface area (TPSA) is 165 Å². The molecule has 11 nitrogen and oxygen atoms in total. The molecule has 150 valence electrons. The first-order chi connectivity index (χ1) is 12.8. The lowest BCUT2D eigenvalue weighted by molar-refractivity contribution is -0.146. The number of hydrogen-bond donors (Lipinski definition) is 5. The van der Waals surface area contributed by atoms with E-state index in [0.717, 1.165) is 6.42 Å². The number of carbonyl (C=O) groups excluding carboxylic acids is 3. The van der Waals surface area contributed by atoms with Crippen LogP contribution < -0.4 is 16.0 Å². The molecule has 3 amide bonds. The summed E-state index contributed by atoms with van der Waals surface area (Å²) in [6.07, 6.45) is 1.68. The van der Waals surface area contributed by atoms with Crippen LogP contribution in [0.25, 0.3) is 0 Å². The highest BCUT2D eigenvalue weighted by atomic mass is 16.4. The summed E-state index contributed by atoms with van der Waals surface area (Å²) in [4.78, 5) is 60.2. The molecule has 2 fully saturated rings. The fourth-order valence-electron chi connectivity index (χ4n) is 3.34. The van der Waals surface area contributed by atoms with Crippen molar-refractivity contribution in [2.45, 2.75) is 50.2 Å². The highest BCUT2D eigenvalue weighted by molar-refractivity contribution is 5.95. The Morgan fingerprint density at radius 3 is 2.37 bits per heavy atom. The summed E-state index contributed by atoms with van der Waals surface area (Å²) in [5.41, 5.74) is 0. The Morgan fingerprint density at radius 1 is 1.04 bits per heavy atom. The van der Waals surface area contributed by atoms with E-state index in [1.54, 1.807) is 0 Å². The number of nitrogens with one attached hydrogen (secondary N) is 3. The van der Waals surface area contributed by atoms with Gasteiger partial charge < -0.3 is 31.1 Å². The van der Waals surface area contributed by atoms with E-state index < -0.39 is 60.8 Å². The summed E-state index contributed by atoms with van der Waals surface area (Å²) in [5, 5.41) is 25.4. The average Bonchev–Trinajstić information content (AvgIpc) is 3.29. The fourth-order valence-corrected chi connectivity index (χ4v) is 3.34. The third-order valence-electron chi connectivity index (χ3n) is 4.62. The van der Waals surface area contributed by atoms with Gasteiger partial charge in [-0.15, -0.1) is 0 Å². The van der Waals surface area contributed by atoms with Crippen LogP contribution in [0.1, 0.15) is 32.1 Å². The van der Waals surface area contributed by atoms with Crippen molar-refractivity contribution < 1.29 is 34.2 Å². The second kappa shape index (κ2) is 9.31. The zero-order valence-corrected chi connectivity index (χ0v) is 14.8. The molecule has 0 spiro atoms. The molecule has 2 heterocycles. The molecule has 0 radical (unpaired) electrons. The van der Waals surface area contributed by atoms with Gasteiger partial charge in [-0.2, -0.15) is 0 Å². The number of aliphatic carboxylic acids is 2. The predicted molar refractivity (Wildman–Crippen MR) is 90.6 cm³/mol. The molecule has 0 aliphatic carbocycles. The van der Waals surface area contributed by atoms with E-state index in [2.05, 4.69) is 16.0 Å². The molecule has 11 heteroatoms. The van der Waals surface area contributed by atoms with Gasteiger partial charge >= 0.3 is 11.9 Å². The van der Waals surface area contributed by atoms with Crippen molar-refractivity contribution in [2.24, 2.45) is 0 Å². The van der Waals surface area contributed by atoms with Gasteiger partial charge in [0.15, 0.2) is 0 Å². The van der Waals surface area contributed by atoms with Gasteiger partial charge in [-0.3, -0.25) is 24.0 Å². The van der Waals surface area contributed by atoms with Crippen LogP contribution in [0.4, 0.5) is 0 Å². The van der Waals surface area contributed by atoms with Gasteiger partial charge in [0.05, 0.1) is 12.5 Å². The SMILES string of the molecule is O=C(O)CNC(=O)C1CCCN1C(=O)C(CC(=O)O)NC(=O)C1CCCN1. The number of carbonyl (C=O) groups is 5. The predicted octanol–water partition coefficient (Wildman–Crippen LogP) is -2.11. The van der Waals surface area contributed by atoms with Gasteiger partial charge in [0.1, 0.15) is 18.6 Å². The van der Waals surface area contributed by atoms with Crippen molar-refractivity contribution in [1.82, 2.24) is 20.9 Å². The van der Waals surface area contributed by atoms with E-state index in [9.17, 15) is 24.0 Å². The van der Waals surface area contributed by atoms with Crippen molar-refractivity contribution >= 4 is 29.7 Å². The van der Waals surface area contributed by atoms with Crippen LogP contribution >= 0.6 is 0 Å². The molecule has 0 aromatic rings. The number of likely N-dealkylation sites (tertiary alicyclic amines) is 1. The van der Waals surface area contributed by atoms with Gasteiger partial charge in [-0.05, 0) is 32.2 Å². The van der Waals surface area contributed by atoms with Gasteiger partial charge in [0.25, 0.3) is 0 Å². The summed E-state index contributed by atoms with van der Waals surface area (Å²) in [5.74, 6) is -4.17. The monoisotopic (exact) mass is 384 g/mol. The zero-order valence-electron chi connectivity index (χ0n) is 14.8. The Morgan fingerprint density at radius 2 is 1.78 bits per heavy atom. The average molecular weight is 384 g/mol. The molecule has 2 saturated heterocycles. The number of amides is 3. The highest BCUT2D eigenvalue weighted by Gasteiger charge is 2.39. The molecule has 0 saturated carbocycles. The van der Waals surface area contributed by atoms with E-state index in [1.807, 2.05) is 0 Å². The molecule has 3 atom stereocenters. The van der Waals surface area contributed by atoms with E-state index in [4.69, 9.17) is 10.2 Å². The Hall–Kier alpha value is -2.69. The molecule has 2 rings (SSSR count). The first-order valence-corrected chi connectivity index (χ1v) is 8.85. The van der Waals surface area contributed by atoms with Crippen molar-refractivity contribution in [3.63, 3.8) is 0 Å². The largest absolute Gasteiger partial charge is 0.481 e. The van der Waals surface area contributed by atoms with Crippen LogP contribution in [0.3, 0.4) is 0 Å². The maximum atomic E-state index is 12.8. The Labute approximate surface area is 155 Å². The van der Waals surface area contributed by atoms with E-state index in [0.29, 0.717) is 25.8 Å². The van der Waals surface area contributed by atoms with E-state index in [1.165, 1.54) is 4.90 Å².